The van der Waals surface area contributed by atoms with Gasteiger partial charge >= 0.3 is 5.91 Å². The fourth-order valence-corrected chi connectivity index (χ4v) is 2.91. The lowest BCUT2D eigenvalue weighted by molar-refractivity contribution is -0.312. The van der Waals surface area contributed by atoms with Gasteiger partial charge in [0.05, 0.1) is 5.92 Å². The summed E-state index contributed by atoms with van der Waals surface area (Å²) < 4.78 is 0. The molecule has 5 heteroatoms. The quantitative estimate of drug-likeness (QED) is 0.296. The van der Waals surface area contributed by atoms with Crippen LogP contribution in [-0.4, -0.2) is 23.6 Å². The number of carboxylic acids is 1. The average Bonchev–Trinajstić information content (AvgIpc) is 2.60. The zero-order chi connectivity index (χ0) is 20.8. The molecule has 0 saturated heterocycles. The summed E-state index contributed by atoms with van der Waals surface area (Å²) >= 11 is 0. The van der Waals surface area contributed by atoms with Crippen molar-refractivity contribution in [3.8, 4) is 0 Å². The van der Waals surface area contributed by atoms with Crippen LogP contribution in [0, 0.1) is 5.92 Å². The Morgan fingerprint density at radius 3 is 1.78 bits per heavy atom. The van der Waals surface area contributed by atoms with Crippen molar-refractivity contribution in [2.24, 2.45) is 5.92 Å². The molecule has 1 unspecified atom stereocenters. The molecule has 0 aromatic heterocycles. The second-order valence-electron chi connectivity index (χ2n) is 7.19. The summed E-state index contributed by atoms with van der Waals surface area (Å²) in [6, 6.07) is 0. The number of carbonyl (C=O) groups excluding carboxylic acids is 2. The summed E-state index contributed by atoms with van der Waals surface area (Å²) in [6.45, 7) is 3.33. The minimum atomic E-state index is -1.08. The maximum Gasteiger partial charge on any atom is 0.311 e. The standard InChI is InChI=1S/C20H39NO2.C2H4O2/c1-2-3-4-5-6-7-8-9-10-11-12-13-14-15-16-19(17-18-22)20(21)23;1-2(3)4/h9-10,19,22H,2-8,11-18H2,1H3,(H2,21,23);1H3,(H,3,4). The molecule has 160 valence electrons. The molecule has 0 aliphatic heterocycles. The van der Waals surface area contributed by atoms with E-state index in [-0.39, 0.29) is 18.4 Å². The van der Waals surface area contributed by atoms with Crippen LogP contribution in [0.15, 0.2) is 12.2 Å². The van der Waals surface area contributed by atoms with Crippen molar-refractivity contribution in [1.82, 2.24) is 0 Å². The number of amides is 1. The van der Waals surface area contributed by atoms with Crippen LogP contribution in [0.25, 0.3) is 0 Å². The van der Waals surface area contributed by atoms with Crippen molar-refractivity contribution in [1.29, 1.82) is 0 Å². The molecule has 4 N–H and O–H groups in total. The lowest BCUT2D eigenvalue weighted by Gasteiger charge is -2.08. The van der Waals surface area contributed by atoms with E-state index in [4.69, 9.17) is 15.0 Å². The van der Waals surface area contributed by atoms with Crippen molar-refractivity contribution < 1.29 is 25.5 Å². The predicted octanol–water partition coefficient (Wildman–Crippen LogP) is 3.16. The molecule has 5 nitrogen and oxygen atoms in total. The topological polar surface area (TPSA) is 105 Å². The van der Waals surface area contributed by atoms with Crippen LogP contribution in [0.1, 0.15) is 104 Å². The summed E-state index contributed by atoms with van der Waals surface area (Å²) in [6.07, 6.45) is 21.5. The van der Waals surface area contributed by atoms with E-state index in [1.807, 2.05) is 0 Å². The molecule has 0 fully saturated rings. The second-order valence-corrected chi connectivity index (χ2v) is 7.19. The molecule has 0 aliphatic carbocycles. The fraction of sp³-hybridized carbons (Fsp3) is 0.818. The Labute approximate surface area is 166 Å². The van der Waals surface area contributed by atoms with E-state index >= 15 is 0 Å². The van der Waals surface area contributed by atoms with Gasteiger partial charge in [-0.25, -0.2) is 4.79 Å². The molecule has 0 saturated carbocycles. The molecule has 0 bridgehead atoms. The highest BCUT2D eigenvalue weighted by Crippen LogP contribution is 2.14. The maximum atomic E-state index is 11.3. The van der Waals surface area contributed by atoms with Gasteiger partial charge in [0.1, 0.15) is 0 Å². The SMILES string of the molecule is CC(=O)[O-].CCCCCCCCC=CCCCCCCC(CCO)C([NH3+])=O. The predicted molar refractivity (Wildman–Crippen MR) is 109 cm³/mol. The third-order valence-corrected chi connectivity index (χ3v) is 4.50. The molecule has 1 amide bonds. The third-order valence-electron chi connectivity index (χ3n) is 4.50. The van der Waals surface area contributed by atoms with Crippen LogP contribution in [-0.2, 0) is 9.59 Å². The monoisotopic (exact) mass is 385 g/mol. The minimum Gasteiger partial charge on any atom is -0.550 e. The molecule has 27 heavy (non-hydrogen) atoms. The van der Waals surface area contributed by atoms with Crippen LogP contribution in [0.2, 0.25) is 0 Å². The highest BCUT2D eigenvalue weighted by molar-refractivity contribution is 5.67. The van der Waals surface area contributed by atoms with Gasteiger partial charge in [-0.15, -0.1) is 0 Å². The first-order valence-electron chi connectivity index (χ1n) is 10.7. The second kappa shape index (κ2) is 22.8. The summed E-state index contributed by atoms with van der Waals surface area (Å²) in [5.74, 6) is -1.13. The molecule has 0 heterocycles. The van der Waals surface area contributed by atoms with Crippen LogP contribution in [0.4, 0.5) is 0 Å². The summed E-state index contributed by atoms with van der Waals surface area (Å²) in [7, 11) is 0. The van der Waals surface area contributed by atoms with Gasteiger partial charge in [-0.2, -0.15) is 0 Å². The molecule has 0 aliphatic rings. The number of allylic oxidation sites excluding steroid dienone is 2. The Kier molecular flexibility index (Phi) is 23.7. The van der Waals surface area contributed by atoms with Gasteiger partial charge < -0.3 is 15.0 Å². The lowest BCUT2D eigenvalue weighted by Crippen LogP contribution is -2.60. The van der Waals surface area contributed by atoms with E-state index in [0.717, 1.165) is 19.8 Å². The third kappa shape index (κ3) is 27.1. The number of carbonyl (C=O) groups is 2. The van der Waals surface area contributed by atoms with Crippen molar-refractivity contribution in [3.63, 3.8) is 0 Å². The maximum absolute atomic E-state index is 11.3. The number of aliphatic carboxylic acids is 1. The first-order valence-corrected chi connectivity index (χ1v) is 10.7. The largest absolute Gasteiger partial charge is 0.550 e. The Hall–Kier alpha value is -1.20. The zero-order valence-electron chi connectivity index (χ0n) is 17.7. The highest BCUT2D eigenvalue weighted by Gasteiger charge is 2.16. The molecular formula is C22H43NO4. The Bertz CT molecular complexity index is 365. The number of rotatable bonds is 17. The van der Waals surface area contributed by atoms with Gasteiger partial charge in [-0.1, -0.05) is 70.4 Å². The number of quaternary nitrogens is 1. The van der Waals surface area contributed by atoms with Crippen LogP contribution in [0.5, 0.6) is 0 Å². The average molecular weight is 386 g/mol. The smallest absolute Gasteiger partial charge is 0.311 e. The van der Waals surface area contributed by atoms with Gasteiger partial charge in [0.15, 0.2) is 0 Å². The van der Waals surface area contributed by atoms with Crippen molar-refractivity contribution in [3.05, 3.63) is 12.2 Å². The van der Waals surface area contributed by atoms with E-state index in [2.05, 4.69) is 24.8 Å². The molecule has 0 radical (unpaired) electrons. The number of aliphatic hydroxyl groups is 1. The van der Waals surface area contributed by atoms with E-state index in [1.54, 1.807) is 0 Å². The van der Waals surface area contributed by atoms with Crippen molar-refractivity contribution >= 4 is 11.9 Å². The fourth-order valence-electron chi connectivity index (χ4n) is 2.91. The molecule has 0 spiro atoms. The van der Waals surface area contributed by atoms with Crippen LogP contribution >= 0.6 is 0 Å². The van der Waals surface area contributed by atoms with Crippen molar-refractivity contribution in [2.45, 2.75) is 104 Å². The Balaban J connectivity index is 0. The van der Waals surface area contributed by atoms with Crippen LogP contribution < -0.4 is 10.8 Å². The van der Waals surface area contributed by atoms with Gasteiger partial charge in [0.25, 0.3) is 0 Å². The minimum absolute atomic E-state index is 0.0170. The van der Waals surface area contributed by atoms with E-state index in [1.165, 1.54) is 70.6 Å². The van der Waals surface area contributed by atoms with Gasteiger partial charge in [-0.05, 0) is 45.4 Å². The zero-order valence-corrected chi connectivity index (χ0v) is 17.7. The van der Waals surface area contributed by atoms with E-state index < -0.39 is 5.97 Å². The Morgan fingerprint density at radius 1 is 0.889 bits per heavy atom. The van der Waals surface area contributed by atoms with E-state index in [0.29, 0.717) is 6.42 Å². The molecule has 0 rings (SSSR count). The Morgan fingerprint density at radius 2 is 1.33 bits per heavy atom. The summed E-state index contributed by atoms with van der Waals surface area (Å²) in [5.41, 5.74) is 3.48. The van der Waals surface area contributed by atoms with Crippen molar-refractivity contribution in [2.75, 3.05) is 6.61 Å². The molecule has 0 aromatic rings. The first kappa shape index (κ1) is 28.0. The van der Waals surface area contributed by atoms with Gasteiger partial charge in [-0.3, -0.25) is 5.73 Å². The molecular weight excluding hydrogens is 342 g/mol. The molecule has 1 atom stereocenters. The highest BCUT2D eigenvalue weighted by atomic mass is 16.4. The number of hydrogen-bond acceptors (Lipinski definition) is 4. The molecule has 0 aromatic carbocycles. The number of unbranched alkanes of at least 4 members (excludes halogenated alkanes) is 10. The van der Waals surface area contributed by atoms with Gasteiger partial charge in [0, 0.05) is 12.6 Å². The van der Waals surface area contributed by atoms with E-state index in [9.17, 15) is 4.79 Å². The summed E-state index contributed by atoms with van der Waals surface area (Å²) in [5, 5.41) is 17.8. The number of hydrogen-bond donors (Lipinski definition) is 2. The lowest BCUT2D eigenvalue weighted by atomic mass is 9.97. The van der Waals surface area contributed by atoms with Crippen LogP contribution in [0.3, 0.4) is 0 Å². The first-order chi connectivity index (χ1) is 13.0. The normalized spacial score (nSPS) is 11.9. The number of aliphatic hydroxyl groups excluding tert-OH is 1. The van der Waals surface area contributed by atoms with Gasteiger partial charge in [0.2, 0.25) is 0 Å². The summed E-state index contributed by atoms with van der Waals surface area (Å²) in [4.78, 5) is 20.2. The number of carboxylic acid groups (broad SMARTS) is 1.